The highest BCUT2D eigenvalue weighted by Crippen LogP contribution is 2.15. The molecular weight excluding hydrogens is 382 g/mol. The highest BCUT2D eigenvalue weighted by Gasteiger charge is 2.11. The van der Waals surface area contributed by atoms with Crippen LogP contribution in [0.1, 0.15) is 31.8 Å². The number of thiocarbonyl (C=S) groups is 1. The van der Waals surface area contributed by atoms with Crippen molar-refractivity contribution in [2.75, 3.05) is 10.6 Å². The normalized spacial score (nSPS) is 10.1. The fourth-order valence-electron chi connectivity index (χ4n) is 2.83. The van der Waals surface area contributed by atoms with Crippen molar-refractivity contribution in [3.05, 3.63) is 95.1 Å². The molecule has 0 aliphatic rings. The minimum absolute atomic E-state index is 0.178. The van der Waals surface area contributed by atoms with Gasteiger partial charge in [0.1, 0.15) is 0 Å². The number of nitrogens with one attached hydrogen (secondary N) is 3. The van der Waals surface area contributed by atoms with Crippen molar-refractivity contribution in [3.8, 4) is 0 Å². The molecule has 0 radical (unpaired) electrons. The Labute approximate surface area is 175 Å². The smallest absolute Gasteiger partial charge is 0.257 e. The molecule has 0 aromatic heterocycles. The van der Waals surface area contributed by atoms with E-state index in [9.17, 15) is 9.59 Å². The van der Waals surface area contributed by atoms with Crippen LogP contribution in [0, 0.1) is 13.8 Å². The van der Waals surface area contributed by atoms with E-state index in [1.54, 1.807) is 42.5 Å². The Bertz CT molecular complexity index is 1050. The summed E-state index contributed by atoms with van der Waals surface area (Å²) in [6.45, 7) is 3.87. The fourth-order valence-corrected chi connectivity index (χ4v) is 3.04. The first kappa shape index (κ1) is 20.2. The Morgan fingerprint density at radius 3 is 2.00 bits per heavy atom. The SMILES string of the molecule is Cc1ccc(C(=O)NC(=S)Nc2ccc(NC(=O)c3ccccc3)cc2)c(C)c1. The lowest BCUT2D eigenvalue weighted by Crippen LogP contribution is -2.34. The molecule has 0 aliphatic heterocycles. The quantitative estimate of drug-likeness (QED) is 0.553. The molecule has 0 atom stereocenters. The zero-order valence-electron chi connectivity index (χ0n) is 16.2. The van der Waals surface area contributed by atoms with Crippen molar-refractivity contribution in [2.24, 2.45) is 0 Å². The van der Waals surface area contributed by atoms with E-state index >= 15 is 0 Å². The van der Waals surface area contributed by atoms with Gasteiger partial charge in [-0.2, -0.15) is 0 Å². The third kappa shape index (κ3) is 5.49. The van der Waals surface area contributed by atoms with Crippen LogP contribution in [0.25, 0.3) is 0 Å². The van der Waals surface area contributed by atoms with Crippen molar-refractivity contribution in [1.29, 1.82) is 0 Å². The van der Waals surface area contributed by atoms with E-state index in [4.69, 9.17) is 12.2 Å². The van der Waals surface area contributed by atoms with Crippen LogP contribution in [-0.2, 0) is 0 Å². The van der Waals surface area contributed by atoms with Gasteiger partial charge in [-0.15, -0.1) is 0 Å². The second-order valence-corrected chi connectivity index (χ2v) is 7.03. The first-order valence-electron chi connectivity index (χ1n) is 9.08. The van der Waals surface area contributed by atoms with Gasteiger partial charge in [-0.3, -0.25) is 14.9 Å². The molecule has 3 aromatic rings. The predicted molar refractivity (Wildman–Crippen MR) is 120 cm³/mol. The van der Waals surface area contributed by atoms with Crippen molar-refractivity contribution < 1.29 is 9.59 Å². The van der Waals surface area contributed by atoms with E-state index in [0.717, 1.165) is 11.1 Å². The summed E-state index contributed by atoms with van der Waals surface area (Å²) in [7, 11) is 0. The summed E-state index contributed by atoms with van der Waals surface area (Å²) in [4.78, 5) is 24.6. The van der Waals surface area contributed by atoms with Gasteiger partial charge < -0.3 is 10.6 Å². The maximum atomic E-state index is 12.4. The van der Waals surface area contributed by atoms with Crippen LogP contribution in [0.5, 0.6) is 0 Å². The average molecular weight is 404 g/mol. The first-order chi connectivity index (χ1) is 13.9. The van der Waals surface area contributed by atoms with Gasteiger partial charge in [0.15, 0.2) is 5.11 Å². The molecule has 6 heteroatoms. The number of benzene rings is 3. The van der Waals surface area contributed by atoms with Crippen molar-refractivity contribution >= 4 is 40.5 Å². The summed E-state index contributed by atoms with van der Waals surface area (Å²) in [5.41, 5.74) is 4.52. The van der Waals surface area contributed by atoms with Gasteiger partial charge in [-0.05, 0) is 74.1 Å². The molecule has 0 heterocycles. The van der Waals surface area contributed by atoms with Crippen LogP contribution in [0.4, 0.5) is 11.4 Å². The molecule has 3 N–H and O–H groups in total. The standard InChI is InChI=1S/C23H21N3O2S/c1-15-8-13-20(16(2)14-15)22(28)26-23(29)25-19-11-9-18(10-12-19)24-21(27)17-6-4-3-5-7-17/h3-14H,1-2H3,(H,24,27)(H2,25,26,28,29). The number of amides is 2. The summed E-state index contributed by atoms with van der Waals surface area (Å²) < 4.78 is 0. The topological polar surface area (TPSA) is 70.2 Å². The number of hydrogen-bond acceptors (Lipinski definition) is 3. The summed E-state index contributed by atoms with van der Waals surface area (Å²) in [6, 6.07) is 21.7. The number of hydrogen-bond donors (Lipinski definition) is 3. The lowest BCUT2D eigenvalue weighted by atomic mass is 10.1. The van der Waals surface area contributed by atoms with Crippen LogP contribution in [0.15, 0.2) is 72.8 Å². The van der Waals surface area contributed by atoms with Gasteiger partial charge in [0.25, 0.3) is 11.8 Å². The molecule has 146 valence electrons. The second-order valence-electron chi connectivity index (χ2n) is 6.62. The summed E-state index contributed by atoms with van der Waals surface area (Å²) >= 11 is 5.24. The first-order valence-corrected chi connectivity index (χ1v) is 9.49. The third-order valence-electron chi connectivity index (χ3n) is 4.29. The van der Waals surface area contributed by atoms with E-state index in [1.165, 1.54) is 0 Å². The second kappa shape index (κ2) is 9.12. The lowest BCUT2D eigenvalue weighted by Gasteiger charge is -2.12. The lowest BCUT2D eigenvalue weighted by molar-refractivity contribution is 0.0975. The molecule has 3 rings (SSSR count). The molecule has 5 nitrogen and oxygen atoms in total. The Hall–Kier alpha value is -3.51. The Morgan fingerprint density at radius 2 is 1.38 bits per heavy atom. The Kier molecular flexibility index (Phi) is 6.36. The molecule has 0 aliphatic carbocycles. The molecule has 0 saturated carbocycles. The molecule has 0 unspecified atom stereocenters. The van der Waals surface area contributed by atoms with Gasteiger partial charge in [0, 0.05) is 22.5 Å². The number of aryl methyl sites for hydroxylation is 2. The largest absolute Gasteiger partial charge is 0.332 e. The third-order valence-corrected chi connectivity index (χ3v) is 4.49. The molecular formula is C23H21N3O2S. The summed E-state index contributed by atoms with van der Waals surface area (Å²) in [5, 5.41) is 8.70. The van der Waals surface area contributed by atoms with Gasteiger partial charge in [-0.25, -0.2) is 0 Å². The minimum atomic E-state index is -0.258. The zero-order chi connectivity index (χ0) is 20.8. The molecule has 0 bridgehead atoms. The Balaban J connectivity index is 1.57. The predicted octanol–water partition coefficient (Wildman–Crippen LogP) is 4.68. The summed E-state index contributed by atoms with van der Waals surface area (Å²) in [6.07, 6.45) is 0. The zero-order valence-corrected chi connectivity index (χ0v) is 17.0. The number of carbonyl (C=O) groups is 2. The molecule has 0 saturated heterocycles. The molecule has 29 heavy (non-hydrogen) atoms. The van der Waals surface area contributed by atoms with Gasteiger partial charge in [0.2, 0.25) is 0 Å². The molecule has 2 amide bonds. The maximum Gasteiger partial charge on any atom is 0.257 e. The molecule has 0 spiro atoms. The van der Waals surface area contributed by atoms with Crippen LogP contribution in [-0.4, -0.2) is 16.9 Å². The monoisotopic (exact) mass is 403 g/mol. The van der Waals surface area contributed by atoms with E-state index in [1.807, 2.05) is 44.2 Å². The Morgan fingerprint density at radius 1 is 0.759 bits per heavy atom. The minimum Gasteiger partial charge on any atom is -0.332 e. The molecule has 3 aromatic carbocycles. The maximum absolute atomic E-state index is 12.4. The van der Waals surface area contributed by atoms with E-state index in [0.29, 0.717) is 22.5 Å². The van der Waals surface area contributed by atoms with Gasteiger partial charge in [0.05, 0.1) is 0 Å². The number of carbonyl (C=O) groups excluding carboxylic acids is 2. The van der Waals surface area contributed by atoms with Crippen molar-refractivity contribution in [2.45, 2.75) is 13.8 Å². The number of rotatable bonds is 4. The highest BCUT2D eigenvalue weighted by molar-refractivity contribution is 7.80. The van der Waals surface area contributed by atoms with Gasteiger partial charge >= 0.3 is 0 Å². The molecule has 0 fully saturated rings. The van der Waals surface area contributed by atoms with E-state index < -0.39 is 0 Å². The van der Waals surface area contributed by atoms with Crippen LogP contribution in [0.2, 0.25) is 0 Å². The van der Waals surface area contributed by atoms with Crippen molar-refractivity contribution in [1.82, 2.24) is 5.32 Å². The summed E-state index contributed by atoms with van der Waals surface area (Å²) in [5.74, 6) is -0.436. The number of anilines is 2. The van der Waals surface area contributed by atoms with Gasteiger partial charge in [-0.1, -0.05) is 35.9 Å². The van der Waals surface area contributed by atoms with E-state index in [2.05, 4.69) is 16.0 Å². The highest BCUT2D eigenvalue weighted by atomic mass is 32.1. The van der Waals surface area contributed by atoms with Crippen LogP contribution >= 0.6 is 12.2 Å². The van der Waals surface area contributed by atoms with E-state index in [-0.39, 0.29) is 16.9 Å². The fraction of sp³-hybridized carbons (Fsp3) is 0.0870. The van der Waals surface area contributed by atoms with Crippen LogP contribution in [0.3, 0.4) is 0 Å². The average Bonchev–Trinajstić information content (AvgIpc) is 2.70. The van der Waals surface area contributed by atoms with Crippen LogP contribution < -0.4 is 16.0 Å². The van der Waals surface area contributed by atoms with Crippen molar-refractivity contribution in [3.63, 3.8) is 0 Å².